The third-order valence-electron chi connectivity index (χ3n) is 5.18. The Morgan fingerprint density at radius 3 is 2.76 bits per heavy atom. The zero-order chi connectivity index (χ0) is 20.2. The Morgan fingerprint density at radius 1 is 1.17 bits per heavy atom. The minimum Gasteiger partial charge on any atom is -0.266 e. The number of hydrogen-bond acceptors (Lipinski definition) is 6. The average Bonchev–Trinajstić information content (AvgIpc) is 3.25. The molecule has 0 radical (unpaired) electrons. The molecule has 4 heterocycles. The third-order valence-corrected chi connectivity index (χ3v) is 7.21. The number of nitrogens with zero attached hydrogens (tertiary/aromatic N) is 5. The van der Waals surface area contributed by atoms with E-state index in [9.17, 15) is 8.42 Å². The molecule has 0 N–H and O–H groups in total. The average molecular weight is 426 g/mol. The van der Waals surface area contributed by atoms with Crippen molar-refractivity contribution in [3.05, 3.63) is 53.8 Å². The first-order valence-electron chi connectivity index (χ1n) is 9.20. The number of aryl methyl sites for hydroxylation is 1. The number of benzene rings is 1. The summed E-state index contributed by atoms with van der Waals surface area (Å²) in [6.45, 7) is 2.84. The van der Waals surface area contributed by atoms with E-state index >= 15 is 0 Å². The van der Waals surface area contributed by atoms with Crippen LogP contribution in [0.25, 0.3) is 32.7 Å². The van der Waals surface area contributed by atoms with E-state index in [-0.39, 0.29) is 6.04 Å². The first-order chi connectivity index (χ1) is 13.9. The molecule has 0 atom stereocenters. The van der Waals surface area contributed by atoms with Crippen molar-refractivity contribution in [1.82, 2.24) is 24.1 Å². The maximum atomic E-state index is 11.7. The van der Waals surface area contributed by atoms with E-state index in [1.54, 1.807) is 11.3 Å². The summed E-state index contributed by atoms with van der Waals surface area (Å²) in [5.74, 6) is 0. The van der Waals surface area contributed by atoms with Gasteiger partial charge in [-0.25, -0.2) is 13.4 Å². The molecule has 1 aromatic carbocycles. The second-order valence-electron chi connectivity index (χ2n) is 7.30. The lowest BCUT2D eigenvalue weighted by Gasteiger charge is -2.37. The molecule has 4 aromatic rings. The summed E-state index contributed by atoms with van der Waals surface area (Å²) in [6.07, 6.45) is 3.25. The molecule has 9 heteroatoms. The van der Waals surface area contributed by atoms with Crippen molar-refractivity contribution in [2.24, 2.45) is 0 Å². The van der Waals surface area contributed by atoms with Crippen LogP contribution in [0.1, 0.15) is 11.7 Å². The third kappa shape index (κ3) is 3.35. The van der Waals surface area contributed by atoms with Gasteiger partial charge in [0.2, 0.25) is 10.0 Å². The second kappa shape index (κ2) is 6.72. The smallest absolute Gasteiger partial charge is 0.211 e. The highest BCUT2D eigenvalue weighted by Crippen LogP contribution is 2.35. The van der Waals surface area contributed by atoms with Gasteiger partial charge in [0, 0.05) is 30.5 Å². The largest absolute Gasteiger partial charge is 0.266 e. The Morgan fingerprint density at radius 2 is 2.00 bits per heavy atom. The first-order valence-corrected chi connectivity index (χ1v) is 11.9. The topological polar surface area (TPSA) is 81.0 Å². The van der Waals surface area contributed by atoms with Crippen molar-refractivity contribution in [3.63, 3.8) is 0 Å². The van der Waals surface area contributed by atoms with Gasteiger partial charge >= 0.3 is 0 Å². The van der Waals surface area contributed by atoms with E-state index in [1.165, 1.54) is 10.6 Å². The van der Waals surface area contributed by atoms with Crippen LogP contribution in [-0.2, 0) is 10.0 Å². The second-order valence-corrected chi connectivity index (χ2v) is 10.2. The summed E-state index contributed by atoms with van der Waals surface area (Å²) in [5, 5.41) is 4.82. The lowest BCUT2D eigenvalue weighted by atomic mass is 10.0. The standard InChI is InChI=1S/C20H19N5O2S2/c1-13-4-3-5-18(22-13)20-16(14-6-7-17-19(8-14)28-12-21-17)11-25(23-20)15-9-24(10-15)29(2,26)27/h3-8,11-12,15H,9-10H2,1-2H3. The number of sulfonamides is 1. The molecule has 29 heavy (non-hydrogen) atoms. The Balaban J connectivity index is 1.59. The van der Waals surface area contributed by atoms with Crippen LogP contribution in [0.2, 0.25) is 0 Å². The van der Waals surface area contributed by atoms with E-state index in [1.807, 2.05) is 53.6 Å². The lowest BCUT2D eigenvalue weighted by molar-refractivity contribution is 0.192. The molecule has 0 unspecified atom stereocenters. The molecule has 0 amide bonds. The number of rotatable bonds is 4. The fourth-order valence-corrected chi connectivity index (χ4v) is 5.13. The zero-order valence-corrected chi connectivity index (χ0v) is 17.6. The normalized spacial score (nSPS) is 15.7. The predicted octanol–water partition coefficient (Wildman–Crippen LogP) is 3.35. The summed E-state index contributed by atoms with van der Waals surface area (Å²) < 4.78 is 27.9. The van der Waals surface area contributed by atoms with E-state index in [4.69, 9.17) is 5.10 Å². The van der Waals surface area contributed by atoms with Crippen LogP contribution in [0.5, 0.6) is 0 Å². The molecule has 5 rings (SSSR count). The number of aromatic nitrogens is 4. The molecule has 1 saturated heterocycles. The molecule has 1 fully saturated rings. The number of pyridine rings is 1. The Hall–Kier alpha value is -2.62. The Kier molecular flexibility index (Phi) is 4.27. The molecule has 148 valence electrons. The fraction of sp³-hybridized carbons (Fsp3) is 0.250. The highest BCUT2D eigenvalue weighted by atomic mass is 32.2. The molecule has 1 aliphatic heterocycles. The van der Waals surface area contributed by atoms with Crippen LogP contribution >= 0.6 is 11.3 Å². The molecule has 1 aliphatic rings. The van der Waals surface area contributed by atoms with Crippen molar-refractivity contribution in [3.8, 4) is 22.5 Å². The molecular weight excluding hydrogens is 406 g/mol. The van der Waals surface area contributed by atoms with Crippen LogP contribution in [0.15, 0.2) is 48.1 Å². The van der Waals surface area contributed by atoms with Gasteiger partial charge in [-0.15, -0.1) is 11.3 Å². The van der Waals surface area contributed by atoms with Gasteiger partial charge in [-0.2, -0.15) is 9.40 Å². The van der Waals surface area contributed by atoms with Crippen LogP contribution in [-0.4, -0.2) is 51.8 Å². The molecule has 0 bridgehead atoms. The number of hydrogen-bond donors (Lipinski definition) is 0. The molecular formula is C20H19N5O2S2. The highest BCUT2D eigenvalue weighted by Gasteiger charge is 2.35. The molecule has 3 aromatic heterocycles. The SMILES string of the molecule is Cc1cccc(-c2nn(C3CN(S(C)(=O)=O)C3)cc2-c2ccc3ncsc3c2)n1. The monoisotopic (exact) mass is 425 g/mol. The zero-order valence-electron chi connectivity index (χ0n) is 16.0. The summed E-state index contributed by atoms with van der Waals surface area (Å²) in [4.78, 5) is 9.02. The van der Waals surface area contributed by atoms with Crippen LogP contribution < -0.4 is 0 Å². The quantitative estimate of drug-likeness (QED) is 0.501. The Labute approximate surface area is 172 Å². The lowest BCUT2D eigenvalue weighted by Crippen LogP contribution is -2.50. The van der Waals surface area contributed by atoms with Gasteiger partial charge < -0.3 is 0 Å². The van der Waals surface area contributed by atoms with Gasteiger partial charge in [-0.1, -0.05) is 12.1 Å². The fourth-order valence-electron chi connectivity index (χ4n) is 3.53. The maximum absolute atomic E-state index is 11.7. The number of thiazole rings is 1. The minimum absolute atomic E-state index is 0.0224. The van der Waals surface area contributed by atoms with Crippen molar-refractivity contribution in [2.75, 3.05) is 19.3 Å². The summed E-state index contributed by atoms with van der Waals surface area (Å²) in [7, 11) is -3.16. The Bertz CT molecular complexity index is 1320. The van der Waals surface area contributed by atoms with Gasteiger partial charge in [0.05, 0.1) is 33.7 Å². The first kappa shape index (κ1) is 18.4. The van der Waals surface area contributed by atoms with Gasteiger partial charge in [0.15, 0.2) is 0 Å². The number of fused-ring (bicyclic) bond motifs is 1. The van der Waals surface area contributed by atoms with Gasteiger partial charge in [0.25, 0.3) is 0 Å². The van der Waals surface area contributed by atoms with Crippen LogP contribution in [0.3, 0.4) is 0 Å². The highest BCUT2D eigenvalue weighted by molar-refractivity contribution is 7.88. The minimum atomic E-state index is -3.16. The van der Waals surface area contributed by atoms with E-state index in [2.05, 4.69) is 16.0 Å². The molecule has 0 spiro atoms. The van der Waals surface area contributed by atoms with Crippen molar-refractivity contribution < 1.29 is 8.42 Å². The molecule has 0 aliphatic carbocycles. The van der Waals surface area contributed by atoms with Crippen molar-refractivity contribution in [1.29, 1.82) is 0 Å². The van der Waals surface area contributed by atoms with Gasteiger partial charge in [0.1, 0.15) is 5.69 Å². The van der Waals surface area contributed by atoms with Crippen molar-refractivity contribution >= 4 is 31.6 Å². The van der Waals surface area contributed by atoms with Crippen LogP contribution in [0.4, 0.5) is 0 Å². The summed E-state index contributed by atoms with van der Waals surface area (Å²) >= 11 is 1.60. The van der Waals surface area contributed by atoms with Crippen molar-refractivity contribution in [2.45, 2.75) is 13.0 Å². The van der Waals surface area contributed by atoms with Gasteiger partial charge in [-0.05, 0) is 36.8 Å². The van der Waals surface area contributed by atoms with E-state index in [0.29, 0.717) is 13.1 Å². The van der Waals surface area contributed by atoms with E-state index in [0.717, 1.165) is 38.4 Å². The maximum Gasteiger partial charge on any atom is 0.211 e. The molecule has 7 nitrogen and oxygen atoms in total. The predicted molar refractivity (Wildman–Crippen MR) is 114 cm³/mol. The van der Waals surface area contributed by atoms with Gasteiger partial charge in [-0.3, -0.25) is 9.67 Å². The van der Waals surface area contributed by atoms with Crippen LogP contribution in [0, 0.1) is 6.92 Å². The molecule has 0 saturated carbocycles. The summed E-state index contributed by atoms with van der Waals surface area (Å²) in [6, 6.07) is 12.1. The summed E-state index contributed by atoms with van der Waals surface area (Å²) in [5.41, 5.74) is 7.38. The van der Waals surface area contributed by atoms with E-state index < -0.39 is 10.0 Å².